The summed E-state index contributed by atoms with van der Waals surface area (Å²) in [5, 5.41) is 2.94. The fraction of sp³-hybridized carbons (Fsp3) is 0.478. The van der Waals surface area contributed by atoms with E-state index in [1.54, 1.807) is 12.1 Å². The molecule has 188 valence electrons. The molecular weight excluding hydrogens is 474 g/mol. The summed E-state index contributed by atoms with van der Waals surface area (Å²) < 4.78 is 20.4. The Morgan fingerprint density at radius 1 is 1.29 bits per heavy atom. The topological polar surface area (TPSA) is 159 Å². The van der Waals surface area contributed by atoms with E-state index in [-0.39, 0.29) is 41.6 Å². The third kappa shape index (κ3) is 5.49. The second-order valence-corrected chi connectivity index (χ2v) is 9.22. The minimum atomic E-state index is -0.820. The first kappa shape index (κ1) is 24.7. The molecule has 4 rings (SSSR count). The highest BCUT2D eigenvalue weighted by Gasteiger charge is 2.34. The first-order chi connectivity index (χ1) is 16.9. The zero-order valence-corrected chi connectivity index (χ0v) is 20.3. The maximum atomic E-state index is 13.7. The molecule has 12 heteroatoms. The molecule has 0 saturated carbocycles. The van der Waals surface area contributed by atoms with E-state index in [0.717, 1.165) is 29.9 Å². The molecule has 3 amide bonds. The minimum absolute atomic E-state index is 0.0329. The van der Waals surface area contributed by atoms with Crippen molar-refractivity contribution in [2.24, 2.45) is 5.73 Å². The molecule has 1 aromatic carbocycles. The van der Waals surface area contributed by atoms with Crippen LogP contribution in [0.4, 0.5) is 5.69 Å². The number of ether oxygens (including phenoxy) is 3. The summed E-state index contributed by atoms with van der Waals surface area (Å²) in [7, 11) is 0. The number of hydrogen-bond acceptors (Lipinski definition) is 9. The van der Waals surface area contributed by atoms with Crippen LogP contribution in [0.25, 0.3) is 0 Å². The van der Waals surface area contributed by atoms with Crippen LogP contribution in [0.1, 0.15) is 58.3 Å². The maximum Gasteiger partial charge on any atom is 0.270 e. The number of hydrogen-bond donors (Lipinski definition) is 3. The van der Waals surface area contributed by atoms with Gasteiger partial charge in [-0.3, -0.25) is 14.4 Å². The van der Waals surface area contributed by atoms with E-state index in [2.05, 4.69) is 9.69 Å². The van der Waals surface area contributed by atoms with Gasteiger partial charge >= 0.3 is 0 Å². The summed E-state index contributed by atoms with van der Waals surface area (Å²) in [5.41, 5.74) is 11.9. The van der Waals surface area contributed by atoms with Gasteiger partial charge in [-0.2, -0.15) is 4.37 Å². The van der Waals surface area contributed by atoms with Gasteiger partial charge in [0.05, 0.1) is 11.8 Å². The summed E-state index contributed by atoms with van der Waals surface area (Å²) in [5.74, 6) is -0.424. The number of primary amides is 1. The molecule has 3 heterocycles. The lowest BCUT2D eigenvalue weighted by atomic mass is 10.1. The van der Waals surface area contributed by atoms with Gasteiger partial charge in [0.2, 0.25) is 12.7 Å². The average molecular weight is 504 g/mol. The monoisotopic (exact) mass is 503 g/mol. The van der Waals surface area contributed by atoms with E-state index >= 15 is 0 Å². The molecule has 0 radical (unpaired) electrons. The van der Waals surface area contributed by atoms with E-state index in [1.165, 1.54) is 4.90 Å². The third-order valence-corrected chi connectivity index (χ3v) is 6.83. The molecule has 1 aromatic heterocycles. The molecule has 11 nitrogen and oxygen atoms in total. The molecule has 2 aliphatic heterocycles. The largest absolute Gasteiger partial charge is 0.454 e. The standard InChI is InChI=1S/C23H29N5O6S/c1-2-4-15(22(30)26-10-14-5-3-8-32-14)28(11-13-6-7-16-17(9-13)34-12-33-16)23(31)20-18(24)19(21(25)29)27-35-20/h6-7,9,14-15H,2-5,8,10-12,24H2,1H3,(H2,25,29)(H,26,30). The Bertz CT molecular complexity index is 1100. The van der Waals surface area contributed by atoms with Crippen molar-refractivity contribution in [3.63, 3.8) is 0 Å². The lowest BCUT2D eigenvalue weighted by molar-refractivity contribution is -0.126. The molecule has 2 aromatic rings. The van der Waals surface area contributed by atoms with Crippen molar-refractivity contribution in [2.45, 2.75) is 51.3 Å². The van der Waals surface area contributed by atoms with Crippen LogP contribution in [0.3, 0.4) is 0 Å². The Kier molecular flexibility index (Phi) is 7.71. The lowest BCUT2D eigenvalue weighted by Gasteiger charge is -2.31. The van der Waals surface area contributed by atoms with Gasteiger partial charge in [0.25, 0.3) is 11.8 Å². The molecular formula is C23H29N5O6S. The summed E-state index contributed by atoms with van der Waals surface area (Å²) >= 11 is 0.789. The van der Waals surface area contributed by atoms with Crippen LogP contribution in [0.5, 0.6) is 11.5 Å². The molecule has 35 heavy (non-hydrogen) atoms. The number of fused-ring (bicyclic) bond motifs is 1. The van der Waals surface area contributed by atoms with Crippen molar-refractivity contribution < 1.29 is 28.6 Å². The maximum absolute atomic E-state index is 13.7. The number of carbonyl (C=O) groups is 3. The summed E-state index contributed by atoms with van der Waals surface area (Å²) in [6.07, 6.45) is 2.89. The fourth-order valence-electron chi connectivity index (χ4n) is 4.16. The third-order valence-electron chi connectivity index (χ3n) is 5.98. The summed E-state index contributed by atoms with van der Waals surface area (Å²) in [4.78, 5) is 40.2. The van der Waals surface area contributed by atoms with Gasteiger partial charge in [-0.1, -0.05) is 19.4 Å². The van der Waals surface area contributed by atoms with Gasteiger partial charge < -0.3 is 35.9 Å². The number of benzene rings is 1. The lowest BCUT2D eigenvalue weighted by Crippen LogP contribution is -2.50. The molecule has 2 unspecified atom stereocenters. The first-order valence-electron chi connectivity index (χ1n) is 11.5. The molecule has 1 fully saturated rings. The zero-order valence-electron chi connectivity index (χ0n) is 19.5. The van der Waals surface area contributed by atoms with Crippen molar-refractivity contribution in [3.8, 4) is 11.5 Å². The first-order valence-corrected chi connectivity index (χ1v) is 12.3. The van der Waals surface area contributed by atoms with Crippen LogP contribution in [0, 0.1) is 0 Å². The second kappa shape index (κ2) is 10.9. The molecule has 2 atom stereocenters. The molecule has 5 N–H and O–H groups in total. The predicted octanol–water partition coefficient (Wildman–Crippen LogP) is 1.66. The average Bonchev–Trinajstić information content (AvgIpc) is 3.60. The summed E-state index contributed by atoms with van der Waals surface area (Å²) in [6.45, 7) is 3.23. The summed E-state index contributed by atoms with van der Waals surface area (Å²) in [6, 6.07) is 4.57. The molecule has 2 aliphatic rings. The number of amides is 3. The van der Waals surface area contributed by atoms with Gasteiger partial charge in [-0.05, 0) is 48.5 Å². The smallest absolute Gasteiger partial charge is 0.270 e. The van der Waals surface area contributed by atoms with E-state index in [0.29, 0.717) is 37.5 Å². The number of rotatable bonds is 10. The number of carbonyl (C=O) groups excluding carboxylic acids is 3. The van der Waals surface area contributed by atoms with E-state index in [1.807, 2.05) is 13.0 Å². The Hall–Kier alpha value is -3.38. The molecule has 1 saturated heterocycles. The van der Waals surface area contributed by atoms with Crippen LogP contribution >= 0.6 is 11.5 Å². The van der Waals surface area contributed by atoms with Crippen molar-refractivity contribution in [1.29, 1.82) is 0 Å². The molecule has 0 bridgehead atoms. The molecule has 0 aliphatic carbocycles. The van der Waals surface area contributed by atoms with Gasteiger partial charge in [-0.25, -0.2) is 0 Å². The normalized spacial score (nSPS) is 17.2. The number of nitrogens with two attached hydrogens (primary N) is 2. The van der Waals surface area contributed by atoms with Crippen LogP contribution in [-0.4, -0.2) is 59.1 Å². The number of aromatic nitrogens is 1. The quantitative estimate of drug-likeness (QED) is 0.441. The van der Waals surface area contributed by atoms with Crippen LogP contribution in [0.15, 0.2) is 18.2 Å². The Morgan fingerprint density at radius 2 is 2.09 bits per heavy atom. The highest BCUT2D eigenvalue weighted by atomic mass is 32.1. The van der Waals surface area contributed by atoms with Gasteiger partial charge in [0.1, 0.15) is 10.9 Å². The van der Waals surface area contributed by atoms with Crippen molar-refractivity contribution in [1.82, 2.24) is 14.6 Å². The van der Waals surface area contributed by atoms with Gasteiger partial charge in [0, 0.05) is 19.7 Å². The SMILES string of the molecule is CCCC(C(=O)NCC1CCCO1)N(Cc1ccc2c(c1)OCO2)C(=O)c1snc(C(N)=O)c1N. The van der Waals surface area contributed by atoms with Crippen LogP contribution in [0.2, 0.25) is 0 Å². The number of nitrogens with zero attached hydrogens (tertiary/aromatic N) is 2. The Labute approximate surface area is 206 Å². The predicted molar refractivity (Wildman–Crippen MR) is 128 cm³/mol. The highest BCUT2D eigenvalue weighted by molar-refractivity contribution is 7.09. The Balaban J connectivity index is 1.63. The van der Waals surface area contributed by atoms with Gasteiger partial charge in [-0.15, -0.1) is 0 Å². The van der Waals surface area contributed by atoms with Crippen molar-refractivity contribution in [3.05, 3.63) is 34.3 Å². The number of nitrogens with one attached hydrogen (secondary N) is 1. The molecule has 0 spiro atoms. The van der Waals surface area contributed by atoms with E-state index in [9.17, 15) is 14.4 Å². The minimum Gasteiger partial charge on any atom is -0.454 e. The van der Waals surface area contributed by atoms with E-state index < -0.39 is 17.9 Å². The van der Waals surface area contributed by atoms with Crippen LogP contribution < -0.4 is 26.3 Å². The highest BCUT2D eigenvalue weighted by Crippen LogP contribution is 2.34. The second-order valence-electron chi connectivity index (χ2n) is 8.44. The van der Waals surface area contributed by atoms with Crippen molar-refractivity contribution >= 4 is 34.9 Å². The number of anilines is 1. The van der Waals surface area contributed by atoms with Crippen LogP contribution in [-0.2, 0) is 16.1 Å². The van der Waals surface area contributed by atoms with E-state index in [4.69, 9.17) is 25.7 Å². The fourth-order valence-corrected chi connectivity index (χ4v) is 4.92. The van der Waals surface area contributed by atoms with Gasteiger partial charge in [0.15, 0.2) is 17.2 Å². The number of nitrogen functional groups attached to an aromatic ring is 1. The van der Waals surface area contributed by atoms with Crippen molar-refractivity contribution in [2.75, 3.05) is 25.7 Å². The zero-order chi connectivity index (χ0) is 24.9. The Morgan fingerprint density at radius 3 is 2.77 bits per heavy atom.